The van der Waals surface area contributed by atoms with Crippen LogP contribution in [0, 0.1) is 12.8 Å². The van der Waals surface area contributed by atoms with Crippen LogP contribution < -0.4 is 0 Å². The van der Waals surface area contributed by atoms with Gasteiger partial charge in [-0.1, -0.05) is 48.5 Å². The molecule has 1 aliphatic rings. The predicted octanol–water partition coefficient (Wildman–Crippen LogP) is 4.72. The summed E-state index contributed by atoms with van der Waals surface area (Å²) in [6.07, 6.45) is 5.70. The maximum absolute atomic E-state index is 4.79. The number of rotatable bonds is 5. The van der Waals surface area contributed by atoms with Crippen molar-refractivity contribution in [3.63, 3.8) is 0 Å². The Morgan fingerprint density at radius 3 is 2.69 bits per heavy atom. The molecule has 5 nitrogen and oxygen atoms in total. The Labute approximate surface area is 171 Å². The van der Waals surface area contributed by atoms with Crippen molar-refractivity contribution in [2.45, 2.75) is 32.7 Å². The quantitative estimate of drug-likeness (QED) is 0.523. The Bertz CT molecular complexity index is 1090. The molecule has 2 aromatic heterocycles. The lowest BCUT2D eigenvalue weighted by Gasteiger charge is -2.31. The van der Waals surface area contributed by atoms with Crippen molar-refractivity contribution in [3.05, 3.63) is 71.7 Å². The molecule has 0 spiro atoms. The fourth-order valence-corrected chi connectivity index (χ4v) is 4.49. The molecule has 0 saturated carbocycles. The van der Waals surface area contributed by atoms with Gasteiger partial charge in [0, 0.05) is 22.7 Å². The molecule has 1 aliphatic heterocycles. The number of nitrogens with one attached hydrogen (secondary N) is 2. The van der Waals surface area contributed by atoms with Crippen LogP contribution in [-0.2, 0) is 13.0 Å². The zero-order chi connectivity index (χ0) is 19.6. The van der Waals surface area contributed by atoms with E-state index < -0.39 is 0 Å². The summed E-state index contributed by atoms with van der Waals surface area (Å²) in [4.78, 5) is 10.6. The van der Waals surface area contributed by atoms with Crippen LogP contribution in [0.4, 0.5) is 0 Å². The van der Waals surface area contributed by atoms with E-state index in [1.807, 2.05) is 6.20 Å². The molecule has 0 bridgehead atoms. The second-order valence-corrected chi connectivity index (χ2v) is 8.21. The second kappa shape index (κ2) is 7.84. The van der Waals surface area contributed by atoms with Crippen molar-refractivity contribution >= 4 is 10.9 Å². The third-order valence-electron chi connectivity index (χ3n) is 6.14. The zero-order valence-corrected chi connectivity index (χ0v) is 16.9. The van der Waals surface area contributed by atoms with E-state index in [2.05, 4.69) is 75.5 Å². The van der Waals surface area contributed by atoms with E-state index in [4.69, 9.17) is 4.98 Å². The largest absolute Gasteiger partial charge is 0.360 e. The van der Waals surface area contributed by atoms with Gasteiger partial charge in [-0.3, -0.25) is 10.00 Å². The van der Waals surface area contributed by atoms with Gasteiger partial charge in [0.15, 0.2) is 5.82 Å². The number of aryl methyl sites for hydroxylation is 1. The molecule has 0 radical (unpaired) electrons. The van der Waals surface area contributed by atoms with Gasteiger partial charge in [0.25, 0.3) is 0 Å². The first-order valence-corrected chi connectivity index (χ1v) is 10.5. The normalized spacial score (nSPS) is 15.9. The lowest BCUT2D eigenvalue weighted by atomic mass is 9.90. The fourth-order valence-electron chi connectivity index (χ4n) is 4.49. The van der Waals surface area contributed by atoms with E-state index in [0.29, 0.717) is 0 Å². The summed E-state index contributed by atoms with van der Waals surface area (Å²) >= 11 is 0. The smallest absolute Gasteiger partial charge is 0.183 e. The fraction of sp³-hybridized carbons (Fsp3) is 0.333. The lowest BCUT2D eigenvalue weighted by molar-refractivity contribution is 0.173. The number of nitrogens with zero attached hydrogens (tertiary/aromatic N) is 3. The predicted molar refractivity (Wildman–Crippen MR) is 117 cm³/mol. The van der Waals surface area contributed by atoms with Gasteiger partial charge in [-0.2, -0.15) is 5.10 Å². The number of para-hydroxylation sites is 1. The van der Waals surface area contributed by atoms with Crippen molar-refractivity contribution < 1.29 is 0 Å². The van der Waals surface area contributed by atoms with E-state index >= 15 is 0 Å². The second-order valence-electron chi connectivity index (χ2n) is 8.21. The molecule has 4 aromatic rings. The summed E-state index contributed by atoms with van der Waals surface area (Å²) in [6.45, 7) is 5.21. The minimum Gasteiger partial charge on any atom is -0.360 e. The minimum absolute atomic E-state index is 0.774. The third-order valence-corrected chi connectivity index (χ3v) is 6.14. The highest BCUT2D eigenvalue weighted by Gasteiger charge is 2.21. The molecule has 148 valence electrons. The SMILES string of the molecule is Cc1cccc2c(-c3n[nH]c(CN4CCC(Cc5ccccc5)CC4)n3)c[nH]c12. The van der Waals surface area contributed by atoms with E-state index in [-0.39, 0.29) is 0 Å². The number of piperidine rings is 1. The molecular formula is C24H27N5. The van der Waals surface area contributed by atoms with E-state index in [0.717, 1.165) is 48.3 Å². The number of likely N-dealkylation sites (tertiary alicyclic amines) is 1. The van der Waals surface area contributed by atoms with Gasteiger partial charge in [0.1, 0.15) is 5.82 Å². The molecule has 29 heavy (non-hydrogen) atoms. The Balaban J connectivity index is 1.21. The number of H-pyrrole nitrogens is 2. The van der Waals surface area contributed by atoms with Crippen LogP contribution >= 0.6 is 0 Å². The summed E-state index contributed by atoms with van der Waals surface area (Å²) < 4.78 is 0. The first kappa shape index (κ1) is 18.1. The van der Waals surface area contributed by atoms with E-state index in [1.165, 1.54) is 35.8 Å². The molecule has 1 saturated heterocycles. The van der Waals surface area contributed by atoms with Gasteiger partial charge in [0.2, 0.25) is 0 Å². The zero-order valence-electron chi connectivity index (χ0n) is 16.9. The van der Waals surface area contributed by atoms with Gasteiger partial charge >= 0.3 is 0 Å². The maximum atomic E-state index is 4.79. The van der Waals surface area contributed by atoms with Crippen LogP contribution in [0.1, 0.15) is 29.8 Å². The molecule has 1 fully saturated rings. The number of benzene rings is 2. The van der Waals surface area contributed by atoms with E-state index in [9.17, 15) is 0 Å². The molecule has 2 aromatic carbocycles. The molecule has 0 amide bonds. The van der Waals surface area contributed by atoms with Crippen molar-refractivity contribution in [1.82, 2.24) is 25.1 Å². The summed E-state index contributed by atoms with van der Waals surface area (Å²) in [5.41, 5.74) is 4.92. The summed E-state index contributed by atoms with van der Waals surface area (Å²) in [5, 5.41) is 8.83. The Hall–Kier alpha value is -2.92. The van der Waals surface area contributed by atoms with Crippen LogP contribution in [0.15, 0.2) is 54.7 Å². The number of hydrogen-bond donors (Lipinski definition) is 2. The summed E-state index contributed by atoms with van der Waals surface area (Å²) in [6, 6.07) is 17.2. The van der Waals surface area contributed by atoms with Crippen molar-refractivity contribution in [2.24, 2.45) is 5.92 Å². The molecular weight excluding hydrogens is 358 g/mol. The molecule has 5 heteroatoms. The highest BCUT2D eigenvalue weighted by atomic mass is 15.3. The van der Waals surface area contributed by atoms with Crippen LogP contribution in [0.25, 0.3) is 22.3 Å². The minimum atomic E-state index is 0.774. The number of fused-ring (bicyclic) bond motifs is 1. The highest BCUT2D eigenvalue weighted by Crippen LogP contribution is 2.28. The van der Waals surface area contributed by atoms with Crippen molar-refractivity contribution in [1.29, 1.82) is 0 Å². The molecule has 0 aliphatic carbocycles. The first-order valence-electron chi connectivity index (χ1n) is 10.5. The standard InChI is InChI=1S/C24H27N5/c1-17-6-5-9-20-21(15-25-23(17)20)24-26-22(27-28-24)16-29-12-10-19(11-13-29)14-18-7-3-2-4-8-18/h2-9,15,19,25H,10-14,16H2,1H3,(H,26,27,28). The van der Waals surface area contributed by atoms with Crippen molar-refractivity contribution in [3.8, 4) is 11.4 Å². The van der Waals surface area contributed by atoms with Gasteiger partial charge in [0.05, 0.1) is 6.54 Å². The van der Waals surface area contributed by atoms with Gasteiger partial charge in [-0.05, 0) is 56.3 Å². The Morgan fingerprint density at radius 2 is 1.86 bits per heavy atom. The molecule has 2 N–H and O–H groups in total. The van der Waals surface area contributed by atoms with Crippen LogP contribution in [0.3, 0.4) is 0 Å². The number of aromatic nitrogens is 4. The third kappa shape index (κ3) is 3.83. The highest BCUT2D eigenvalue weighted by molar-refractivity contribution is 5.95. The molecule has 0 unspecified atom stereocenters. The van der Waals surface area contributed by atoms with Crippen LogP contribution in [0.5, 0.6) is 0 Å². The summed E-state index contributed by atoms with van der Waals surface area (Å²) in [7, 11) is 0. The number of hydrogen-bond acceptors (Lipinski definition) is 3. The van der Waals surface area contributed by atoms with Gasteiger partial charge < -0.3 is 4.98 Å². The van der Waals surface area contributed by atoms with Gasteiger partial charge in [-0.25, -0.2) is 4.98 Å². The summed E-state index contributed by atoms with van der Waals surface area (Å²) in [5.74, 6) is 2.51. The average molecular weight is 386 g/mol. The Kier molecular flexibility index (Phi) is 4.90. The molecule has 5 rings (SSSR count). The maximum Gasteiger partial charge on any atom is 0.183 e. The number of aromatic amines is 2. The lowest BCUT2D eigenvalue weighted by Crippen LogP contribution is -2.34. The van der Waals surface area contributed by atoms with Crippen LogP contribution in [0.2, 0.25) is 0 Å². The first-order chi connectivity index (χ1) is 14.3. The topological polar surface area (TPSA) is 60.6 Å². The van der Waals surface area contributed by atoms with Crippen LogP contribution in [-0.4, -0.2) is 38.2 Å². The molecule has 0 atom stereocenters. The van der Waals surface area contributed by atoms with E-state index in [1.54, 1.807) is 0 Å². The molecule has 3 heterocycles. The Morgan fingerprint density at radius 1 is 1.03 bits per heavy atom. The average Bonchev–Trinajstić information content (AvgIpc) is 3.38. The van der Waals surface area contributed by atoms with Gasteiger partial charge in [-0.15, -0.1) is 0 Å². The monoisotopic (exact) mass is 385 g/mol. The van der Waals surface area contributed by atoms with Crippen molar-refractivity contribution in [2.75, 3.05) is 13.1 Å².